The van der Waals surface area contributed by atoms with Crippen LogP contribution in [0.2, 0.25) is 0 Å². The van der Waals surface area contributed by atoms with Crippen LogP contribution < -0.4 is 5.32 Å². The zero-order valence-corrected chi connectivity index (χ0v) is 20.3. The summed E-state index contributed by atoms with van der Waals surface area (Å²) in [6.45, 7) is 14.9. The predicted molar refractivity (Wildman–Crippen MR) is 130 cm³/mol. The molecule has 3 rings (SSSR count). The van der Waals surface area contributed by atoms with Crippen molar-refractivity contribution in [2.24, 2.45) is 5.92 Å². The van der Waals surface area contributed by atoms with Crippen LogP contribution in [0.5, 0.6) is 0 Å². The van der Waals surface area contributed by atoms with Crippen LogP contribution in [0.25, 0.3) is 11.4 Å². The highest BCUT2D eigenvalue weighted by Gasteiger charge is 2.21. The molecule has 7 heteroatoms. The van der Waals surface area contributed by atoms with E-state index in [1.807, 2.05) is 17.6 Å². The van der Waals surface area contributed by atoms with E-state index in [4.69, 9.17) is 4.42 Å². The molecule has 2 heterocycles. The minimum atomic E-state index is -0.0421. The Morgan fingerprint density at radius 3 is 2.41 bits per heavy atom. The standard InChI is InChI=1S/C25H32N4O2S/c1-7-13-29-24(21-12-14-31-18(21)6)27-28-25(29)32-15-22(30)26-23(17(4)5)20-10-8-19(9-11-20)16(2)3/h7-12,14,16-17,23H,1,13,15H2,2-6H3,(H,26,30)/t23-/m1/s1. The number of amides is 1. The smallest absolute Gasteiger partial charge is 0.230 e. The van der Waals surface area contributed by atoms with Gasteiger partial charge in [0.15, 0.2) is 11.0 Å². The molecule has 0 aliphatic rings. The number of hydrogen-bond donors (Lipinski definition) is 1. The third-order valence-electron chi connectivity index (χ3n) is 5.41. The number of furan rings is 1. The number of hydrogen-bond acceptors (Lipinski definition) is 5. The number of nitrogens with zero attached hydrogens (tertiary/aromatic N) is 3. The second-order valence-electron chi connectivity index (χ2n) is 8.50. The number of rotatable bonds is 10. The van der Waals surface area contributed by atoms with Gasteiger partial charge in [-0.1, -0.05) is 69.8 Å². The molecule has 0 unspecified atom stereocenters. The van der Waals surface area contributed by atoms with E-state index in [2.05, 4.69) is 74.1 Å². The molecular weight excluding hydrogens is 420 g/mol. The van der Waals surface area contributed by atoms with Crippen LogP contribution in [0.15, 0.2) is 58.8 Å². The third kappa shape index (κ3) is 5.51. The summed E-state index contributed by atoms with van der Waals surface area (Å²) in [5.41, 5.74) is 3.30. The molecule has 0 aliphatic carbocycles. The fourth-order valence-corrected chi connectivity index (χ4v) is 4.33. The first kappa shape index (κ1) is 23.9. The maximum atomic E-state index is 12.8. The Morgan fingerprint density at radius 1 is 1.16 bits per heavy atom. The summed E-state index contributed by atoms with van der Waals surface area (Å²) in [5.74, 6) is 2.47. The first-order chi connectivity index (χ1) is 15.3. The average Bonchev–Trinajstić information content (AvgIpc) is 3.36. The van der Waals surface area contributed by atoms with Crippen molar-refractivity contribution in [1.82, 2.24) is 20.1 Å². The van der Waals surface area contributed by atoms with Gasteiger partial charge in [-0.25, -0.2) is 0 Å². The normalized spacial score (nSPS) is 12.3. The monoisotopic (exact) mass is 452 g/mol. The lowest BCUT2D eigenvalue weighted by Crippen LogP contribution is -2.33. The predicted octanol–water partition coefficient (Wildman–Crippen LogP) is 5.76. The Bertz CT molecular complexity index is 1050. The van der Waals surface area contributed by atoms with Gasteiger partial charge in [0.05, 0.1) is 23.6 Å². The molecule has 0 fully saturated rings. The van der Waals surface area contributed by atoms with E-state index < -0.39 is 0 Å². The van der Waals surface area contributed by atoms with E-state index in [0.29, 0.717) is 23.4 Å². The van der Waals surface area contributed by atoms with Gasteiger partial charge in [0, 0.05) is 6.54 Å². The molecule has 0 bridgehead atoms. The van der Waals surface area contributed by atoms with Crippen LogP contribution in [0.3, 0.4) is 0 Å². The van der Waals surface area contributed by atoms with Gasteiger partial charge in [-0.15, -0.1) is 16.8 Å². The molecule has 0 saturated carbocycles. The van der Waals surface area contributed by atoms with Gasteiger partial charge in [-0.3, -0.25) is 9.36 Å². The second kappa shape index (κ2) is 10.7. The molecule has 1 amide bonds. The topological polar surface area (TPSA) is 73.0 Å². The molecule has 0 aliphatic heterocycles. The van der Waals surface area contributed by atoms with Gasteiger partial charge < -0.3 is 9.73 Å². The van der Waals surface area contributed by atoms with E-state index >= 15 is 0 Å². The summed E-state index contributed by atoms with van der Waals surface area (Å²) in [5, 5.41) is 12.5. The maximum absolute atomic E-state index is 12.8. The molecule has 1 N–H and O–H groups in total. The highest BCUT2D eigenvalue weighted by atomic mass is 32.2. The molecule has 3 aromatic rings. The Labute approximate surface area is 194 Å². The number of carbonyl (C=O) groups is 1. The molecule has 2 aromatic heterocycles. The molecule has 0 spiro atoms. The SMILES string of the molecule is C=CCn1c(SCC(=O)N[C@@H](c2ccc(C(C)C)cc2)C(C)C)nnc1-c1ccoc1C. The fourth-order valence-electron chi connectivity index (χ4n) is 3.57. The van der Waals surface area contributed by atoms with Crippen molar-refractivity contribution >= 4 is 17.7 Å². The lowest BCUT2D eigenvalue weighted by molar-refractivity contribution is -0.119. The molecular formula is C25H32N4O2S. The largest absolute Gasteiger partial charge is 0.469 e. The molecule has 0 saturated heterocycles. The van der Waals surface area contributed by atoms with Crippen LogP contribution in [-0.2, 0) is 11.3 Å². The summed E-state index contributed by atoms with van der Waals surface area (Å²) in [6, 6.07) is 10.4. The van der Waals surface area contributed by atoms with Gasteiger partial charge in [0.25, 0.3) is 0 Å². The number of allylic oxidation sites excluding steroid dienone is 1. The van der Waals surface area contributed by atoms with Gasteiger partial charge in [0.2, 0.25) is 5.91 Å². The summed E-state index contributed by atoms with van der Waals surface area (Å²) >= 11 is 1.37. The maximum Gasteiger partial charge on any atom is 0.230 e. The first-order valence-electron chi connectivity index (χ1n) is 10.9. The lowest BCUT2D eigenvalue weighted by atomic mass is 9.93. The van der Waals surface area contributed by atoms with Crippen molar-refractivity contribution < 1.29 is 9.21 Å². The number of thioether (sulfide) groups is 1. The highest BCUT2D eigenvalue weighted by molar-refractivity contribution is 7.99. The van der Waals surface area contributed by atoms with E-state index in [9.17, 15) is 4.79 Å². The summed E-state index contributed by atoms with van der Waals surface area (Å²) in [7, 11) is 0. The van der Waals surface area contributed by atoms with Gasteiger partial charge in [-0.2, -0.15) is 0 Å². The Morgan fingerprint density at radius 2 is 1.84 bits per heavy atom. The quantitative estimate of drug-likeness (QED) is 0.313. The summed E-state index contributed by atoms with van der Waals surface area (Å²) in [4.78, 5) is 12.8. The summed E-state index contributed by atoms with van der Waals surface area (Å²) < 4.78 is 7.36. The molecule has 0 radical (unpaired) electrons. The van der Waals surface area contributed by atoms with Crippen LogP contribution in [0.1, 0.15) is 56.5 Å². The Hall–Kier alpha value is -2.80. The zero-order chi connectivity index (χ0) is 23.3. The van der Waals surface area contributed by atoms with Crippen molar-refractivity contribution in [3.63, 3.8) is 0 Å². The average molecular weight is 453 g/mol. The summed E-state index contributed by atoms with van der Waals surface area (Å²) in [6.07, 6.45) is 3.43. The van der Waals surface area contributed by atoms with Gasteiger partial charge in [0.1, 0.15) is 5.76 Å². The number of carbonyl (C=O) groups excluding carboxylic acids is 1. The van der Waals surface area contributed by atoms with E-state index in [0.717, 1.165) is 16.9 Å². The van der Waals surface area contributed by atoms with Crippen molar-refractivity contribution in [3.8, 4) is 11.4 Å². The minimum absolute atomic E-state index is 0.0316. The molecule has 170 valence electrons. The number of aryl methyl sites for hydroxylation is 1. The van der Waals surface area contributed by atoms with Crippen molar-refractivity contribution in [2.75, 3.05) is 5.75 Å². The van der Waals surface area contributed by atoms with Crippen molar-refractivity contribution in [3.05, 3.63) is 66.1 Å². The Balaban J connectivity index is 1.70. The van der Waals surface area contributed by atoms with Crippen LogP contribution in [0, 0.1) is 12.8 Å². The minimum Gasteiger partial charge on any atom is -0.469 e. The second-order valence-corrected chi connectivity index (χ2v) is 9.44. The van der Waals surface area contributed by atoms with Gasteiger partial charge >= 0.3 is 0 Å². The zero-order valence-electron chi connectivity index (χ0n) is 19.5. The van der Waals surface area contributed by atoms with E-state index in [-0.39, 0.29) is 23.6 Å². The number of benzene rings is 1. The molecule has 1 atom stereocenters. The fraction of sp³-hybridized carbons (Fsp3) is 0.400. The molecule has 1 aromatic carbocycles. The third-order valence-corrected chi connectivity index (χ3v) is 6.37. The van der Waals surface area contributed by atoms with E-state index in [1.165, 1.54) is 17.3 Å². The highest BCUT2D eigenvalue weighted by Crippen LogP contribution is 2.28. The van der Waals surface area contributed by atoms with Crippen LogP contribution in [-0.4, -0.2) is 26.4 Å². The van der Waals surface area contributed by atoms with Gasteiger partial charge in [-0.05, 0) is 36.0 Å². The lowest BCUT2D eigenvalue weighted by Gasteiger charge is -2.23. The van der Waals surface area contributed by atoms with Crippen LogP contribution >= 0.6 is 11.8 Å². The number of nitrogens with one attached hydrogen (secondary N) is 1. The first-order valence-corrected chi connectivity index (χ1v) is 11.9. The van der Waals surface area contributed by atoms with Crippen molar-refractivity contribution in [2.45, 2.75) is 58.3 Å². The van der Waals surface area contributed by atoms with Crippen LogP contribution in [0.4, 0.5) is 0 Å². The Kier molecular flexibility index (Phi) is 7.96. The molecule has 6 nitrogen and oxygen atoms in total. The number of aromatic nitrogens is 3. The van der Waals surface area contributed by atoms with E-state index in [1.54, 1.807) is 12.3 Å². The van der Waals surface area contributed by atoms with Crippen molar-refractivity contribution in [1.29, 1.82) is 0 Å². The molecule has 32 heavy (non-hydrogen) atoms.